The number of fused-ring (bicyclic) bond motifs is 1. The van der Waals surface area contributed by atoms with E-state index in [4.69, 9.17) is 37.3 Å². The van der Waals surface area contributed by atoms with E-state index in [1.807, 2.05) is 105 Å². The molecule has 2 aliphatic rings. The Labute approximate surface area is 473 Å². The number of carbonyl (C=O) groups excluding carboxylic acids is 2. The van der Waals surface area contributed by atoms with Gasteiger partial charge in [-0.3, -0.25) is 23.2 Å². The lowest BCUT2D eigenvalue weighted by Crippen LogP contribution is -2.53. The van der Waals surface area contributed by atoms with Gasteiger partial charge in [-0.1, -0.05) is 233 Å². The van der Waals surface area contributed by atoms with Crippen LogP contribution in [0.5, 0.6) is 0 Å². The number of phosphoric acid groups is 1. The molecule has 79 heavy (non-hydrogen) atoms. The van der Waals surface area contributed by atoms with Crippen LogP contribution in [-0.4, -0.2) is 54.9 Å². The number of hydrogen-bond acceptors (Lipinski definition) is 11. The summed E-state index contributed by atoms with van der Waals surface area (Å²) in [6.07, 6.45) is 21.8. The number of ether oxygens (including phenoxy) is 5. The molecule has 0 radical (unpaired) electrons. The van der Waals surface area contributed by atoms with Gasteiger partial charge in [-0.2, -0.15) is 0 Å². The summed E-state index contributed by atoms with van der Waals surface area (Å²) in [4.78, 5) is 28.8. The van der Waals surface area contributed by atoms with Crippen molar-refractivity contribution < 1.29 is 51.4 Å². The first-order valence-corrected chi connectivity index (χ1v) is 31.6. The van der Waals surface area contributed by atoms with Gasteiger partial charge in [0.2, 0.25) is 11.8 Å². The van der Waals surface area contributed by atoms with E-state index in [0.717, 1.165) is 61.6 Å². The summed E-state index contributed by atoms with van der Waals surface area (Å²) in [5.74, 6) is -1.30. The molecule has 2 N–H and O–H groups in total. The fourth-order valence-electron chi connectivity index (χ4n) is 10.2. The molecule has 4 aromatic carbocycles. The number of rotatable bonds is 40. The second-order valence-electron chi connectivity index (χ2n) is 22.0. The fraction of sp³-hybridized carbons (Fsp3) is 0.600. The molecule has 6 rings (SSSR count). The van der Waals surface area contributed by atoms with Crippen LogP contribution in [0.25, 0.3) is 0 Å². The predicted molar refractivity (Wildman–Crippen MR) is 314 cm³/mol. The van der Waals surface area contributed by atoms with Crippen molar-refractivity contribution >= 4 is 31.0 Å². The third kappa shape index (κ3) is 25.2. The Hall–Kier alpha value is -4.27. The Morgan fingerprint density at radius 2 is 1.03 bits per heavy atom. The van der Waals surface area contributed by atoms with Gasteiger partial charge >= 0.3 is 7.82 Å². The highest BCUT2D eigenvalue weighted by molar-refractivity contribution is 7.48. The first kappa shape index (κ1) is 63.9. The average molecular weight is 1110 g/mol. The molecule has 13 nitrogen and oxygen atoms in total. The van der Waals surface area contributed by atoms with E-state index in [-0.39, 0.29) is 62.8 Å². The average Bonchev–Trinajstić information content (AvgIpc) is 3.47. The maximum atomic E-state index is 14.9. The first-order valence-electron chi connectivity index (χ1n) is 30.1. The SMILES string of the molecule is CCCCCCCCCCC[C@H](CC(=O)Nc1cccc(COP(=O)(OCc2ccccc2)O[C@@H]2CC[C@@H]3OC(C)(C)OC[C@H]3O2)c1NC(=O)C[C@@H](CCCCCCCCCCC)OCc1ccccc1)OCc1ccccc1. The Morgan fingerprint density at radius 3 is 1.54 bits per heavy atom. The summed E-state index contributed by atoms with van der Waals surface area (Å²) in [5, 5.41) is 6.30. The molecule has 0 aliphatic carbocycles. The minimum absolute atomic E-state index is 0.0626. The molecule has 2 fully saturated rings. The van der Waals surface area contributed by atoms with Crippen LogP contribution in [-0.2, 0) is 77.8 Å². The zero-order valence-corrected chi connectivity index (χ0v) is 49.1. The fourth-order valence-corrected chi connectivity index (χ4v) is 11.4. The number of para-hydroxylation sites is 1. The number of benzene rings is 4. The van der Waals surface area contributed by atoms with Crippen molar-refractivity contribution in [1.82, 2.24) is 0 Å². The molecule has 2 saturated heterocycles. The summed E-state index contributed by atoms with van der Waals surface area (Å²) in [6.45, 7) is 8.90. The van der Waals surface area contributed by atoms with Gasteiger partial charge in [-0.25, -0.2) is 4.57 Å². The van der Waals surface area contributed by atoms with Crippen LogP contribution in [0.4, 0.5) is 11.4 Å². The Kier molecular flexibility index (Phi) is 29.3. The van der Waals surface area contributed by atoms with E-state index in [9.17, 15) is 14.2 Å². The van der Waals surface area contributed by atoms with Crippen molar-refractivity contribution in [3.63, 3.8) is 0 Å². The third-order valence-electron chi connectivity index (χ3n) is 14.7. The Morgan fingerprint density at radius 1 is 0.557 bits per heavy atom. The van der Waals surface area contributed by atoms with Crippen molar-refractivity contribution in [2.45, 2.75) is 245 Å². The standard InChI is InChI=1S/C65H95N2O11P/c1-5-7-9-11-13-15-17-19-30-40-56(71-47-52-33-24-21-25-34-52)45-61(68)66-58-42-32-39-55(64(58)67-62(69)46-57(72-48-53-35-26-22-27-36-53)41-31-20-18-16-14-12-10-8-6-2)50-75-79(70,74-49-54-37-28-23-29-38-54)78-63-44-43-59-60(76-63)51-73-65(3,4)77-59/h21-29,32-39,42,56-57,59-60,63H,5-20,30-31,40-41,43-51H2,1-4H3,(H,66,68)(H,67,69)/t56-,57-,59+,60-,63-,79?/m1/s1. The summed E-state index contributed by atoms with van der Waals surface area (Å²) < 4.78 is 64.8. The van der Waals surface area contributed by atoms with Gasteiger partial charge in [-0.05, 0) is 55.9 Å². The predicted octanol–water partition coefficient (Wildman–Crippen LogP) is 16.9. The van der Waals surface area contributed by atoms with Crippen molar-refractivity contribution in [3.8, 4) is 0 Å². The van der Waals surface area contributed by atoms with Gasteiger partial charge in [0.15, 0.2) is 12.1 Å². The second kappa shape index (κ2) is 36.2. The summed E-state index contributed by atoms with van der Waals surface area (Å²) in [7, 11) is -4.40. The molecule has 1 unspecified atom stereocenters. The van der Waals surface area contributed by atoms with Crippen molar-refractivity contribution in [1.29, 1.82) is 0 Å². The zero-order chi connectivity index (χ0) is 55.8. The number of anilines is 2. The van der Waals surface area contributed by atoms with Crippen LogP contribution in [0.15, 0.2) is 109 Å². The van der Waals surface area contributed by atoms with Crippen molar-refractivity contribution in [2.75, 3.05) is 17.2 Å². The molecule has 14 heteroatoms. The molecule has 4 aromatic rings. The molecule has 2 heterocycles. The molecule has 2 amide bonds. The van der Waals surface area contributed by atoms with Gasteiger partial charge < -0.3 is 34.3 Å². The molecule has 6 atom stereocenters. The van der Waals surface area contributed by atoms with Crippen molar-refractivity contribution in [2.24, 2.45) is 0 Å². The number of amides is 2. The number of nitrogens with one attached hydrogen (secondary N) is 2. The first-order chi connectivity index (χ1) is 38.5. The van der Waals surface area contributed by atoms with Crippen molar-refractivity contribution in [3.05, 3.63) is 131 Å². The van der Waals surface area contributed by atoms with Crippen LogP contribution in [0.3, 0.4) is 0 Å². The van der Waals surface area contributed by atoms with E-state index < -0.39 is 26.0 Å². The number of phosphoric ester groups is 1. The highest BCUT2D eigenvalue weighted by atomic mass is 31.2. The molecular formula is C65H95N2O11P. The lowest BCUT2D eigenvalue weighted by molar-refractivity contribution is -0.340. The Bertz CT molecular complexity index is 2340. The number of carbonyl (C=O) groups is 2. The van der Waals surface area contributed by atoms with Crippen LogP contribution in [0, 0.1) is 0 Å². The highest BCUT2D eigenvalue weighted by Crippen LogP contribution is 2.54. The van der Waals surface area contributed by atoms with Crippen LogP contribution in [0.2, 0.25) is 0 Å². The lowest BCUT2D eigenvalue weighted by atomic mass is 10.0. The summed E-state index contributed by atoms with van der Waals surface area (Å²) in [5.41, 5.74) is 3.97. The molecule has 2 aliphatic heterocycles. The van der Waals surface area contributed by atoms with Gasteiger partial charge in [-0.15, -0.1) is 0 Å². The molecule has 0 saturated carbocycles. The maximum Gasteiger partial charge on any atom is 0.477 e. The maximum absolute atomic E-state index is 14.9. The molecular weight excluding hydrogens is 1020 g/mol. The van der Waals surface area contributed by atoms with Gasteiger partial charge in [0.1, 0.15) is 6.10 Å². The smallest absolute Gasteiger partial charge is 0.373 e. The van der Waals surface area contributed by atoms with E-state index >= 15 is 0 Å². The molecule has 0 aromatic heterocycles. The summed E-state index contributed by atoms with van der Waals surface area (Å²) >= 11 is 0. The minimum Gasteiger partial charge on any atom is -0.373 e. The van der Waals surface area contributed by atoms with Crippen LogP contribution in [0.1, 0.15) is 204 Å². The molecule has 0 bridgehead atoms. The third-order valence-corrected chi connectivity index (χ3v) is 16.1. The minimum atomic E-state index is -4.40. The quantitative estimate of drug-likeness (QED) is 0.0324. The largest absolute Gasteiger partial charge is 0.477 e. The van der Waals surface area contributed by atoms with E-state index in [1.54, 1.807) is 18.2 Å². The number of hydrogen-bond donors (Lipinski definition) is 2. The normalized spacial score (nSPS) is 18.5. The van der Waals surface area contributed by atoms with Gasteiger partial charge in [0.05, 0.1) is 75.6 Å². The van der Waals surface area contributed by atoms with Gasteiger partial charge in [0.25, 0.3) is 0 Å². The Balaban J connectivity index is 1.20. The summed E-state index contributed by atoms with van der Waals surface area (Å²) in [6, 6.07) is 34.7. The molecule has 0 spiro atoms. The number of unbranched alkanes of at least 4 members (excludes halogenated alkanes) is 16. The van der Waals surface area contributed by atoms with E-state index in [2.05, 4.69) is 24.5 Å². The van der Waals surface area contributed by atoms with Crippen LogP contribution < -0.4 is 10.6 Å². The topological polar surface area (TPSA) is 149 Å². The second-order valence-corrected chi connectivity index (χ2v) is 23.7. The highest BCUT2D eigenvalue weighted by Gasteiger charge is 2.44. The van der Waals surface area contributed by atoms with Crippen LogP contribution >= 0.6 is 7.82 Å². The van der Waals surface area contributed by atoms with Gasteiger partial charge in [0, 0.05) is 12.0 Å². The lowest BCUT2D eigenvalue weighted by Gasteiger charge is -2.44. The monoisotopic (exact) mass is 1110 g/mol. The van der Waals surface area contributed by atoms with E-state index in [0.29, 0.717) is 49.4 Å². The zero-order valence-electron chi connectivity index (χ0n) is 48.2. The molecule has 436 valence electrons. The van der Waals surface area contributed by atoms with E-state index in [1.165, 1.54) is 77.0 Å².